The maximum atomic E-state index is 13.8. The Kier molecular flexibility index (Phi) is 3.64. The second-order valence-electron chi connectivity index (χ2n) is 4.20. The molecular weight excluding hydrogens is 297 g/mol. The van der Waals surface area contributed by atoms with Gasteiger partial charge in [-0.25, -0.2) is 8.78 Å². The summed E-state index contributed by atoms with van der Waals surface area (Å²) in [6, 6.07) is 3.91. The highest BCUT2D eigenvalue weighted by Gasteiger charge is 2.31. The van der Waals surface area contributed by atoms with Gasteiger partial charge in [0.05, 0.1) is 11.3 Å². The molecule has 2 aromatic rings. The number of aromatic nitrogens is 1. The molecule has 1 N–H and O–H groups in total. The molecular formula is C13H8F5NS. The molecule has 0 aliphatic rings. The number of benzene rings is 1. The van der Waals surface area contributed by atoms with Crippen LogP contribution in [0.1, 0.15) is 11.1 Å². The molecule has 0 spiro atoms. The third-order valence-corrected chi connectivity index (χ3v) is 2.96. The van der Waals surface area contributed by atoms with Crippen molar-refractivity contribution in [3.8, 4) is 11.3 Å². The van der Waals surface area contributed by atoms with E-state index in [9.17, 15) is 22.0 Å². The van der Waals surface area contributed by atoms with Gasteiger partial charge < -0.3 is 4.98 Å². The smallest absolute Gasteiger partial charge is 0.346 e. The Balaban J connectivity index is 2.68. The summed E-state index contributed by atoms with van der Waals surface area (Å²) in [5, 5.41) is 0. The number of aryl methyl sites for hydroxylation is 1. The Morgan fingerprint density at radius 1 is 1.05 bits per heavy atom. The lowest BCUT2D eigenvalue weighted by atomic mass is 10.1. The molecule has 0 unspecified atom stereocenters. The maximum absolute atomic E-state index is 13.8. The van der Waals surface area contributed by atoms with Crippen LogP contribution in [-0.2, 0) is 6.18 Å². The van der Waals surface area contributed by atoms with Crippen LogP contribution in [0.5, 0.6) is 0 Å². The molecule has 1 nitrogen and oxygen atoms in total. The van der Waals surface area contributed by atoms with Crippen molar-refractivity contribution in [2.24, 2.45) is 0 Å². The molecule has 2 rings (SSSR count). The third kappa shape index (κ3) is 2.72. The minimum Gasteiger partial charge on any atom is -0.346 e. The number of rotatable bonds is 1. The van der Waals surface area contributed by atoms with Gasteiger partial charge in [0.1, 0.15) is 4.64 Å². The van der Waals surface area contributed by atoms with E-state index in [1.54, 1.807) is 0 Å². The predicted octanol–water partition coefficient (Wildman–Crippen LogP) is 5.02. The van der Waals surface area contributed by atoms with Crippen molar-refractivity contribution in [3.05, 3.63) is 51.7 Å². The molecule has 0 aliphatic carbocycles. The van der Waals surface area contributed by atoms with E-state index in [4.69, 9.17) is 0 Å². The van der Waals surface area contributed by atoms with Gasteiger partial charge in [0.25, 0.3) is 0 Å². The monoisotopic (exact) mass is 305 g/mol. The van der Waals surface area contributed by atoms with Gasteiger partial charge in [-0.1, -0.05) is 18.3 Å². The Hall–Kier alpha value is -1.76. The summed E-state index contributed by atoms with van der Waals surface area (Å²) in [6.07, 6.45) is -4.61. The SMILES string of the molecule is Cc1ccc(-c2cc(C(F)(F)F)cc(=S)[nH]2)c(F)c1F. The topological polar surface area (TPSA) is 15.8 Å². The number of nitrogens with one attached hydrogen (secondary N) is 1. The zero-order valence-electron chi connectivity index (χ0n) is 10.1. The lowest BCUT2D eigenvalue weighted by Gasteiger charge is -2.10. The van der Waals surface area contributed by atoms with Crippen molar-refractivity contribution < 1.29 is 22.0 Å². The third-order valence-electron chi connectivity index (χ3n) is 2.74. The zero-order chi connectivity index (χ0) is 15.1. The molecule has 7 heteroatoms. The summed E-state index contributed by atoms with van der Waals surface area (Å²) < 4.78 is 65.1. The summed E-state index contributed by atoms with van der Waals surface area (Å²) >= 11 is 4.69. The Morgan fingerprint density at radius 2 is 1.70 bits per heavy atom. The first-order chi connectivity index (χ1) is 9.20. The van der Waals surface area contributed by atoms with Crippen LogP contribution >= 0.6 is 12.2 Å². The molecule has 0 fully saturated rings. The van der Waals surface area contributed by atoms with Gasteiger partial charge in [-0.3, -0.25) is 0 Å². The van der Waals surface area contributed by atoms with Gasteiger partial charge in [0.2, 0.25) is 0 Å². The second-order valence-corrected chi connectivity index (χ2v) is 4.64. The van der Waals surface area contributed by atoms with Gasteiger partial charge in [-0.05, 0) is 30.7 Å². The van der Waals surface area contributed by atoms with E-state index in [-0.39, 0.29) is 21.5 Å². The van der Waals surface area contributed by atoms with Crippen molar-refractivity contribution in [3.63, 3.8) is 0 Å². The van der Waals surface area contributed by atoms with Crippen LogP contribution in [0.25, 0.3) is 11.3 Å². The zero-order valence-corrected chi connectivity index (χ0v) is 10.9. The predicted molar refractivity (Wildman–Crippen MR) is 66.7 cm³/mol. The molecule has 20 heavy (non-hydrogen) atoms. The van der Waals surface area contributed by atoms with Crippen LogP contribution in [0.3, 0.4) is 0 Å². The number of aromatic amines is 1. The number of alkyl halides is 3. The molecule has 0 radical (unpaired) electrons. The quantitative estimate of drug-likeness (QED) is 0.578. The number of halogens is 5. The Morgan fingerprint density at radius 3 is 2.30 bits per heavy atom. The first-order valence-electron chi connectivity index (χ1n) is 5.46. The van der Waals surface area contributed by atoms with Crippen LogP contribution < -0.4 is 0 Å². The van der Waals surface area contributed by atoms with Gasteiger partial charge in [0.15, 0.2) is 11.6 Å². The molecule has 0 saturated carbocycles. The second kappa shape index (κ2) is 4.97. The van der Waals surface area contributed by atoms with E-state index in [0.29, 0.717) is 6.07 Å². The van der Waals surface area contributed by atoms with E-state index in [1.807, 2.05) is 0 Å². The largest absolute Gasteiger partial charge is 0.416 e. The van der Waals surface area contributed by atoms with Crippen molar-refractivity contribution >= 4 is 12.2 Å². The standard InChI is InChI=1S/C13H8F5NS/c1-6-2-3-8(12(15)11(6)14)9-4-7(13(16,17)18)5-10(20)19-9/h2-5H,1H3,(H,19,20). The normalized spacial score (nSPS) is 11.7. The summed E-state index contributed by atoms with van der Waals surface area (Å²) in [4.78, 5) is 2.43. The number of hydrogen-bond donors (Lipinski definition) is 1. The van der Waals surface area contributed by atoms with Crippen LogP contribution in [0.15, 0.2) is 24.3 Å². The van der Waals surface area contributed by atoms with Gasteiger partial charge in [-0.15, -0.1) is 0 Å². The number of hydrogen-bond acceptors (Lipinski definition) is 1. The van der Waals surface area contributed by atoms with Crippen molar-refractivity contribution in [2.45, 2.75) is 13.1 Å². The fourth-order valence-electron chi connectivity index (χ4n) is 1.71. The van der Waals surface area contributed by atoms with Crippen molar-refractivity contribution in [1.82, 2.24) is 4.98 Å². The van der Waals surface area contributed by atoms with E-state index in [2.05, 4.69) is 17.2 Å². The molecule has 1 aromatic heterocycles. The highest BCUT2D eigenvalue weighted by atomic mass is 32.1. The maximum Gasteiger partial charge on any atom is 0.416 e. The Labute approximate surface area is 116 Å². The highest BCUT2D eigenvalue weighted by Crippen LogP contribution is 2.32. The highest BCUT2D eigenvalue weighted by molar-refractivity contribution is 7.71. The van der Waals surface area contributed by atoms with Crippen LogP contribution in [0.4, 0.5) is 22.0 Å². The van der Waals surface area contributed by atoms with E-state index >= 15 is 0 Å². The average Bonchev–Trinajstić information content (AvgIpc) is 2.34. The molecule has 106 valence electrons. The minimum atomic E-state index is -4.61. The van der Waals surface area contributed by atoms with Gasteiger partial charge in [-0.2, -0.15) is 13.2 Å². The van der Waals surface area contributed by atoms with E-state index in [1.165, 1.54) is 19.1 Å². The van der Waals surface area contributed by atoms with E-state index < -0.39 is 23.4 Å². The molecule has 0 bridgehead atoms. The molecule has 0 saturated heterocycles. The minimum absolute atomic E-state index is 0.0665. The lowest BCUT2D eigenvalue weighted by Crippen LogP contribution is -2.06. The van der Waals surface area contributed by atoms with E-state index in [0.717, 1.165) is 6.07 Å². The summed E-state index contributed by atoms with van der Waals surface area (Å²) in [5.74, 6) is -2.31. The van der Waals surface area contributed by atoms with Gasteiger partial charge >= 0.3 is 6.18 Å². The molecule has 0 atom stereocenters. The fraction of sp³-hybridized carbons (Fsp3) is 0.154. The molecule has 1 heterocycles. The first kappa shape index (κ1) is 14.6. The summed E-state index contributed by atoms with van der Waals surface area (Å²) in [6.45, 7) is 1.36. The van der Waals surface area contributed by atoms with Gasteiger partial charge in [0, 0.05) is 5.56 Å². The lowest BCUT2D eigenvalue weighted by molar-refractivity contribution is -0.137. The van der Waals surface area contributed by atoms with Crippen LogP contribution in [0.2, 0.25) is 0 Å². The summed E-state index contributed by atoms with van der Waals surface area (Å²) in [5.41, 5.74) is -1.47. The van der Waals surface area contributed by atoms with Crippen molar-refractivity contribution in [2.75, 3.05) is 0 Å². The summed E-state index contributed by atoms with van der Waals surface area (Å²) in [7, 11) is 0. The molecule has 1 aromatic carbocycles. The fourth-order valence-corrected chi connectivity index (χ4v) is 1.94. The number of H-pyrrole nitrogens is 1. The van der Waals surface area contributed by atoms with Crippen molar-refractivity contribution in [1.29, 1.82) is 0 Å². The molecule has 0 amide bonds. The van der Waals surface area contributed by atoms with Crippen LogP contribution in [0, 0.1) is 23.2 Å². The number of pyridine rings is 1. The average molecular weight is 305 g/mol. The van der Waals surface area contributed by atoms with Crippen LogP contribution in [-0.4, -0.2) is 4.98 Å². The molecule has 0 aliphatic heterocycles. The Bertz CT molecular complexity index is 718. The first-order valence-corrected chi connectivity index (χ1v) is 5.87.